The van der Waals surface area contributed by atoms with Crippen molar-refractivity contribution in [2.24, 2.45) is 5.41 Å². The lowest BCUT2D eigenvalue weighted by Gasteiger charge is -2.23. The van der Waals surface area contributed by atoms with Crippen molar-refractivity contribution in [3.8, 4) is 0 Å². The third-order valence-electron chi connectivity index (χ3n) is 5.20. The van der Waals surface area contributed by atoms with Crippen molar-refractivity contribution in [1.29, 1.82) is 0 Å². The molecule has 0 atom stereocenters. The molecule has 0 fully saturated rings. The van der Waals surface area contributed by atoms with Gasteiger partial charge in [-0.1, -0.05) is 84.9 Å². The molecule has 4 rings (SSSR count). The van der Waals surface area contributed by atoms with Crippen molar-refractivity contribution < 1.29 is 9.59 Å². The molecular weight excluding hydrogens is 332 g/mol. The summed E-state index contributed by atoms with van der Waals surface area (Å²) in [6.07, 6.45) is 0. The van der Waals surface area contributed by atoms with E-state index in [1.165, 1.54) is 0 Å². The van der Waals surface area contributed by atoms with Gasteiger partial charge in [0.05, 0.1) is 5.41 Å². The molecule has 0 aromatic heterocycles. The maximum Gasteiger partial charge on any atom is 0.176 e. The molecule has 2 heteroatoms. The number of hydrogen-bond donors (Lipinski definition) is 0. The van der Waals surface area contributed by atoms with Crippen LogP contribution >= 0.6 is 0 Å². The van der Waals surface area contributed by atoms with Crippen LogP contribution in [-0.2, 0) is 0 Å². The molecule has 0 aliphatic carbocycles. The predicted molar refractivity (Wildman–Crippen MR) is 110 cm³/mol. The summed E-state index contributed by atoms with van der Waals surface area (Å²) in [5, 5.41) is 3.75. The molecule has 0 bridgehead atoms. The molecular formula is C25H20O2. The van der Waals surface area contributed by atoms with Crippen LogP contribution in [-0.4, -0.2) is 11.6 Å². The molecule has 0 aliphatic heterocycles. The van der Waals surface area contributed by atoms with Gasteiger partial charge in [0.2, 0.25) is 0 Å². The largest absolute Gasteiger partial charge is 0.293 e. The first-order valence-corrected chi connectivity index (χ1v) is 9.05. The van der Waals surface area contributed by atoms with Crippen molar-refractivity contribution in [2.75, 3.05) is 0 Å². The van der Waals surface area contributed by atoms with Gasteiger partial charge in [-0.25, -0.2) is 0 Å². The molecule has 4 aromatic rings. The predicted octanol–water partition coefficient (Wildman–Crippen LogP) is 6.08. The SMILES string of the molecule is CC(C)(C(=O)c1cccc2ccccc12)C(=O)c1cccc2ccccc12. The summed E-state index contributed by atoms with van der Waals surface area (Å²) in [7, 11) is 0. The minimum Gasteiger partial charge on any atom is -0.293 e. The van der Waals surface area contributed by atoms with Crippen LogP contribution in [0.25, 0.3) is 21.5 Å². The summed E-state index contributed by atoms with van der Waals surface area (Å²) in [6.45, 7) is 3.45. The Hall–Kier alpha value is -3.26. The molecule has 132 valence electrons. The van der Waals surface area contributed by atoms with Crippen LogP contribution < -0.4 is 0 Å². The van der Waals surface area contributed by atoms with Gasteiger partial charge in [0.15, 0.2) is 11.6 Å². The first-order chi connectivity index (χ1) is 13.0. The molecule has 0 spiro atoms. The lowest BCUT2D eigenvalue weighted by Crippen LogP contribution is -2.34. The van der Waals surface area contributed by atoms with Crippen molar-refractivity contribution in [2.45, 2.75) is 13.8 Å². The lowest BCUT2D eigenvalue weighted by molar-refractivity contribution is 0.0714. The Morgan fingerprint density at radius 3 is 1.37 bits per heavy atom. The zero-order chi connectivity index (χ0) is 19.0. The van der Waals surface area contributed by atoms with Crippen molar-refractivity contribution in [1.82, 2.24) is 0 Å². The summed E-state index contributed by atoms with van der Waals surface area (Å²) in [5.74, 6) is -0.311. The summed E-state index contributed by atoms with van der Waals surface area (Å²) in [4.78, 5) is 26.8. The van der Waals surface area contributed by atoms with Crippen LogP contribution in [0.5, 0.6) is 0 Å². The van der Waals surface area contributed by atoms with Crippen LogP contribution in [0.15, 0.2) is 84.9 Å². The Labute approximate surface area is 158 Å². The van der Waals surface area contributed by atoms with Gasteiger partial charge in [-0.05, 0) is 35.4 Å². The minimum atomic E-state index is -1.16. The van der Waals surface area contributed by atoms with E-state index in [4.69, 9.17) is 0 Å². The van der Waals surface area contributed by atoms with Gasteiger partial charge in [0.25, 0.3) is 0 Å². The van der Waals surface area contributed by atoms with Gasteiger partial charge in [0, 0.05) is 11.1 Å². The molecule has 4 aromatic carbocycles. The zero-order valence-corrected chi connectivity index (χ0v) is 15.4. The third kappa shape index (κ3) is 2.83. The average Bonchev–Trinajstić information content (AvgIpc) is 2.71. The van der Waals surface area contributed by atoms with E-state index in [0.717, 1.165) is 21.5 Å². The van der Waals surface area contributed by atoms with Crippen LogP contribution in [0.2, 0.25) is 0 Å². The molecule has 0 saturated heterocycles. The lowest BCUT2D eigenvalue weighted by atomic mass is 9.76. The van der Waals surface area contributed by atoms with Crippen LogP contribution in [0.1, 0.15) is 34.6 Å². The number of carbonyl (C=O) groups is 2. The summed E-state index contributed by atoms with van der Waals surface area (Å²) >= 11 is 0. The highest BCUT2D eigenvalue weighted by Crippen LogP contribution is 2.32. The normalized spacial score (nSPS) is 11.6. The van der Waals surface area contributed by atoms with E-state index in [1.807, 2.05) is 84.9 Å². The fourth-order valence-corrected chi connectivity index (χ4v) is 3.62. The molecule has 0 saturated carbocycles. The van der Waals surface area contributed by atoms with Gasteiger partial charge >= 0.3 is 0 Å². The second-order valence-corrected chi connectivity index (χ2v) is 7.34. The zero-order valence-electron chi connectivity index (χ0n) is 15.4. The quantitative estimate of drug-likeness (QED) is 0.329. The molecule has 27 heavy (non-hydrogen) atoms. The van der Waals surface area contributed by atoms with Crippen molar-refractivity contribution >= 4 is 33.1 Å². The van der Waals surface area contributed by atoms with E-state index >= 15 is 0 Å². The Bertz CT molecular complexity index is 1080. The molecule has 0 unspecified atom stereocenters. The molecule has 0 heterocycles. The first kappa shape index (κ1) is 17.2. The van der Waals surface area contributed by atoms with E-state index in [0.29, 0.717) is 11.1 Å². The molecule has 0 amide bonds. The monoisotopic (exact) mass is 352 g/mol. The van der Waals surface area contributed by atoms with Gasteiger partial charge in [0.1, 0.15) is 0 Å². The third-order valence-corrected chi connectivity index (χ3v) is 5.20. The Morgan fingerprint density at radius 2 is 0.926 bits per heavy atom. The van der Waals surface area contributed by atoms with Gasteiger partial charge in [-0.3, -0.25) is 9.59 Å². The highest BCUT2D eigenvalue weighted by atomic mass is 16.2. The Kier molecular flexibility index (Phi) is 4.12. The highest BCUT2D eigenvalue weighted by molar-refractivity contribution is 6.25. The van der Waals surface area contributed by atoms with Crippen molar-refractivity contribution in [3.63, 3.8) is 0 Å². The number of carbonyl (C=O) groups excluding carboxylic acids is 2. The summed E-state index contributed by atoms with van der Waals surface area (Å²) in [6, 6.07) is 26.9. The van der Waals surface area contributed by atoms with Gasteiger partial charge in [-0.2, -0.15) is 0 Å². The summed E-state index contributed by atoms with van der Waals surface area (Å²) < 4.78 is 0. The van der Waals surface area contributed by atoms with E-state index < -0.39 is 5.41 Å². The van der Waals surface area contributed by atoms with E-state index in [1.54, 1.807) is 13.8 Å². The number of benzene rings is 4. The second-order valence-electron chi connectivity index (χ2n) is 7.34. The topological polar surface area (TPSA) is 34.1 Å². The number of ketones is 2. The molecule has 0 aliphatic rings. The number of Topliss-reactive ketones (excluding diaryl/α,β-unsaturated/α-hetero) is 2. The number of hydrogen-bond acceptors (Lipinski definition) is 2. The second kappa shape index (κ2) is 6.48. The maximum atomic E-state index is 13.4. The smallest absolute Gasteiger partial charge is 0.176 e. The molecule has 0 N–H and O–H groups in total. The highest BCUT2D eigenvalue weighted by Gasteiger charge is 2.38. The van der Waals surface area contributed by atoms with Gasteiger partial charge < -0.3 is 0 Å². The van der Waals surface area contributed by atoms with E-state index in [9.17, 15) is 9.59 Å². The van der Waals surface area contributed by atoms with Crippen LogP contribution in [0.4, 0.5) is 0 Å². The fraction of sp³-hybridized carbons (Fsp3) is 0.120. The number of fused-ring (bicyclic) bond motifs is 2. The molecule has 2 nitrogen and oxygen atoms in total. The number of rotatable bonds is 4. The van der Waals surface area contributed by atoms with Crippen LogP contribution in [0, 0.1) is 5.41 Å². The van der Waals surface area contributed by atoms with Crippen LogP contribution in [0.3, 0.4) is 0 Å². The van der Waals surface area contributed by atoms with E-state index in [-0.39, 0.29) is 11.6 Å². The Morgan fingerprint density at radius 1 is 0.556 bits per heavy atom. The van der Waals surface area contributed by atoms with Crippen molar-refractivity contribution in [3.05, 3.63) is 96.1 Å². The van der Waals surface area contributed by atoms with E-state index in [2.05, 4.69) is 0 Å². The first-order valence-electron chi connectivity index (χ1n) is 9.05. The fourth-order valence-electron chi connectivity index (χ4n) is 3.62. The summed E-state index contributed by atoms with van der Waals surface area (Å²) in [5.41, 5.74) is 0.0206. The Balaban J connectivity index is 1.82. The minimum absolute atomic E-state index is 0.155. The maximum absolute atomic E-state index is 13.4. The van der Waals surface area contributed by atoms with Gasteiger partial charge in [-0.15, -0.1) is 0 Å². The molecule has 0 radical (unpaired) electrons. The standard InChI is InChI=1S/C25H20O2/c1-25(2,23(26)21-15-7-11-17-9-3-5-13-19(17)21)24(27)22-16-8-12-18-10-4-6-14-20(18)22/h3-16H,1-2H3. The average molecular weight is 352 g/mol.